The zero-order chi connectivity index (χ0) is 10.6. The van der Waals surface area contributed by atoms with Gasteiger partial charge in [-0.05, 0) is 33.3 Å². The van der Waals surface area contributed by atoms with Gasteiger partial charge in [0.15, 0.2) is 0 Å². The summed E-state index contributed by atoms with van der Waals surface area (Å²) in [5, 5.41) is 0. The molecule has 1 N–H and O–H groups in total. The van der Waals surface area contributed by atoms with Gasteiger partial charge in [0.1, 0.15) is 5.82 Å². The molecule has 3 nitrogen and oxygen atoms in total. The van der Waals surface area contributed by atoms with Crippen LogP contribution >= 0.6 is 0 Å². The fourth-order valence-corrected chi connectivity index (χ4v) is 1.26. The van der Waals surface area contributed by atoms with Gasteiger partial charge in [0.2, 0.25) is 0 Å². The van der Waals surface area contributed by atoms with Gasteiger partial charge in [-0.3, -0.25) is 4.99 Å². The van der Waals surface area contributed by atoms with Gasteiger partial charge in [0.05, 0.1) is 0 Å². The first-order chi connectivity index (χ1) is 6.58. The van der Waals surface area contributed by atoms with Crippen LogP contribution in [0, 0.1) is 13.8 Å². The maximum absolute atomic E-state index is 4.07. The van der Waals surface area contributed by atoms with E-state index >= 15 is 0 Å². The van der Waals surface area contributed by atoms with E-state index in [9.17, 15) is 0 Å². The zero-order valence-corrected chi connectivity index (χ0v) is 9.26. The molecule has 0 saturated heterocycles. The first kappa shape index (κ1) is 10.7. The Morgan fingerprint density at radius 2 is 1.93 bits per heavy atom. The molecule has 0 spiro atoms. The lowest BCUT2D eigenvalue weighted by atomic mass is 10.2. The third-order valence-corrected chi connectivity index (χ3v) is 1.87. The molecule has 2 heterocycles. The molecule has 0 saturated carbocycles. The molecule has 0 amide bonds. The van der Waals surface area contributed by atoms with Crippen LogP contribution in [0.1, 0.15) is 31.8 Å². The normalized spacial score (nSPS) is 14.3. The number of hydrogen-bond donors (Lipinski definition) is 1. The number of aromatic nitrogens is 2. The number of hydrogen-bond acceptors (Lipinski definition) is 2. The average Bonchev–Trinajstić information content (AvgIpc) is 2.63. The van der Waals surface area contributed by atoms with Crippen LogP contribution in [0.25, 0.3) is 0 Å². The predicted octanol–water partition coefficient (Wildman–Crippen LogP) is 2.78. The van der Waals surface area contributed by atoms with Crippen LogP contribution < -0.4 is 0 Å². The highest BCUT2D eigenvalue weighted by Gasteiger charge is 1.97. The van der Waals surface area contributed by atoms with Gasteiger partial charge >= 0.3 is 0 Å². The minimum atomic E-state index is 0.984. The summed E-state index contributed by atoms with van der Waals surface area (Å²) in [5.74, 6) is 0.984. The largest absolute Gasteiger partial charge is 0.346 e. The Kier molecular flexibility index (Phi) is 3.63. The van der Waals surface area contributed by atoms with E-state index in [1.165, 1.54) is 11.3 Å². The molecule has 0 radical (unpaired) electrons. The van der Waals surface area contributed by atoms with Gasteiger partial charge in [0, 0.05) is 30.2 Å². The summed E-state index contributed by atoms with van der Waals surface area (Å²) in [5.41, 5.74) is 3.73. The van der Waals surface area contributed by atoms with Crippen LogP contribution in [0.15, 0.2) is 23.0 Å². The van der Waals surface area contributed by atoms with Gasteiger partial charge in [-0.25, -0.2) is 4.98 Å². The Morgan fingerprint density at radius 1 is 1.21 bits per heavy atom. The molecule has 76 valence electrons. The van der Waals surface area contributed by atoms with E-state index in [2.05, 4.69) is 21.9 Å². The first-order valence-electron chi connectivity index (χ1n) is 4.75. The van der Waals surface area contributed by atoms with Crippen molar-refractivity contribution in [3.8, 4) is 0 Å². The van der Waals surface area contributed by atoms with E-state index in [1.807, 2.05) is 33.2 Å². The van der Waals surface area contributed by atoms with E-state index in [0.717, 1.165) is 17.9 Å². The Hall–Kier alpha value is -1.38. The summed E-state index contributed by atoms with van der Waals surface area (Å²) in [6, 6.07) is 0. The third-order valence-electron chi connectivity index (χ3n) is 1.87. The van der Waals surface area contributed by atoms with Crippen molar-refractivity contribution in [2.24, 2.45) is 4.99 Å². The molecular weight excluding hydrogens is 174 g/mol. The smallest absolute Gasteiger partial charge is 0.103 e. The quantitative estimate of drug-likeness (QED) is 0.673. The number of allylic oxidation sites excluding steroid dienone is 1. The summed E-state index contributed by atoms with van der Waals surface area (Å²) < 4.78 is 0. The topological polar surface area (TPSA) is 41.0 Å². The minimum absolute atomic E-state index is 0.984. The average molecular weight is 191 g/mol. The number of aryl methyl sites for hydroxylation is 2. The zero-order valence-electron chi connectivity index (χ0n) is 9.26. The lowest BCUT2D eigenvalue weighted by Crippen LogP contribution is -1.82. The fourth-order valence-electron chi connectivity index (χ4n) is 1.26. The van der Waals surface area contributed by atoms with Crippen LogP contribution in [-0.2, 0) is 0 Å². The van der Waals surface area contributed by atoms with Crippen LogP contribution in [0.3, 0.4) is 0 Å². The molecule has 1 aliphatic rings. The van der Waals surface area contributed by atoms with Gasteiger partial charge in [-0.2, -0.15) is 0 Å². The van der Waals surface area contributed by atoms with Crippen LogP contribution in [-0.4, -0.2) is 15.7 Å². The maximum atomic E-state index is 4.07. The number of H-pyrrole nitrogens is 1. The van der Waals surface area contributed by atoms with Crippen molar-refractivity contribution in [3.05, 3.63) is 29.5 Å². The van der Waals surface area contributed by atoms with Gasteiger partial charge in [-0.15, -0.1) is 0 Å². The van der Waals surface area contributed by atoms with Crippen LogP contribution in [0.5, 0.6) is 0 Å². The highest BCUT2D eigenvalue weighted by molar-refractivity contribution is 5.86. The number of aromatic amines is 1. The Balaban J connectivity index is 0.000000140. The number of imidazole rings is 1. The number of nitrogens with zero attached hydrogens (tertiary/aromatic N) is 2. The molecule has 0 aromatic carbocycles. The Morgan fingerprint density at radius 3 is 2.07 bits per heavy atom. The molecule has 3 heteroatoms. The molecule has 0 fully saturated rings. The SMILES string of the molecule is CC1=CN=C(C)C1.Cc1cnc(C)[nH]1. The van der Waals surface area contributed by atoms with Gasteiger partial charge in [-0.1, -0.05) is 0 Å². The van der Waals surface area contributed by atoms with E-state index in [0.29, 0.717) is 0 Å². The van der Waals surface area contributed by atoms with Gasteiger partial charge in [0.25, 0.3) is 0 Å². The minimum Gasteiger partial charge on any atom is -0.346 e. The van der Waals surface area contributed by atoms with E-state index in [-0.39, 0.29) is 0 Å². The van der Waals surface area contributed by atoms with Crippen LogP contribution in [0.4, 0.5) is 0 Å². The van der Waals surface area contributed by atoms with E-state index in [4.69, 9.17) is 0 Å². The highest BCUT2D eigenvalue weighted by atomic mass is 14.9. The van der Waals surface area contributed by atoms with Crippen LogP contribution in [0.2, 0.25) is 0 Å². The lowest BCUT2D eigenvalue weighted by molar-refractivity contribution is 1.13. The summed E-state index contributed by atoms with van der Waals surface area (Å²) in [6.45, 7) is 8.07. The fraction of sp³-hybridized carbons (Fsp3) is 0.455. The van der Waals surface area contributed by atoms with Crippen molar-refractivity contribution >= 4 is 5.71 Å². The Bertz CT molecular complexity index is 326. The molecular formula is C11H17N3. The standard InChI is InChI=1S/C6H9N.C5H8N2/c1-5-3-6(2)7-4-5;1-4-3-6-5(2)7-4/h4H,3H2,1-2H3;3H,1-2H3,(H,6,7). The molecule has 0 aliphatic carbocycles. The molecule has 0 bridgehead atoms. The Labute approximate surface area is 85.0 Å². The third kappa shape index (κ3) is 3.56. The highest BCUT2D eigenvalue weighted by Crippen LogP contribution is 2.08. The summed E-state index contributed by atoms with van der Waals surface area (Å²) >= 11 is 0. The van der Waals surface area contributed by atoms with Crippen molar-refractivity contribution in [1.82, 2.24) is 9.97 Å². The lowest BCUT2D eigenvalue weighted by Gasteiger charge is -1.84. The predicted molar refractivity (Wildman–Crippen MR) is 59.5 cm³/mol. The molecule has 2 rings (SSSR count). The monoisotopic (exact) mass is 191 g/mol. The molecule has 0 atom stereocenters. The van der Waals surface area contributed by atoms with E-state index in [1.54, 1.807) is 0 Å². The first-order valence-corrected chi connectivity index (χ1v) is 4.75. The number of nitrogens with one attached hydrogen (secondary N) is 1. The summed E-state index contributed by atoms with van der Waals surface area (Å²) in [7, 11) is 0. The maximum Gasteiger partial charge on any atom is 0.103 e. The van der Waals surface area contributed by atoms with Crippen molar-refractivity contribution in [3.63, 3.8) is 0 Å². The molecule has 14 heavy (non-hydrogen) atoms. The summed E-state index contributed by atoms with van der Waals surface area (Å²) in [4.78, 5) is 11.1. The molecule has 1 aliphatic heterocycles. The van der Waals surface area contributed by atoms with Crippen molar-refractivity contribution in [2.75, 3.05) is 0 Å². The second-order valence-corrected chi connectivity index (χ2v) is 3.67. The van der Waals surface area contributed by atoms with Crippen molar-refractivity contribution in [1.29, 1.82) is 0 Å². The molecule has 1 aromatic heterocycles. The second kappa shape index (κ2) is 4.74. The van der Waals surface area contributed by atoms with Gasteiger partial charge < -0.3 is 4.98 Å². The molecule has 1 aromatic rings. The molecule has 0 unspecified atom stereocenters. The second-order valence-electron chi connectivity index (χ2n) is 3.67. The van der Waals surface area contributed by atoms with Crippen molar-refractivity contribution < 1.29 is 0 Å². The summed E-state index contributed by atoms with van der Waals surface area (Å²) in [6.07, 6.45) is 4.82. The van der Waals surface area contributed by atoms with Crippen molar-refractivity contribution in [2.45, 2.75) is 34.1 Å². The number of aliphatic imine (C=N–C) groups is 1. The number of rotatable bonds is 0. The van der Waals surface area contributed by atoms with E-state index < -0.39 is 0 Å².